The van der Waals surface area contributed by atoms with Crippen LogP contribution in [0.4, 0.5) is 4.39 Å². The predicted octanol–water partition coefficient (Wildman–Crippen LogP) is 2.89. The van der Waals surface area contributed by atoms with E-state index in [4.69, 9.17) is 11.6 Å². The van der Waals surface area contributed by atoms with Gasteiger partial charge in [0.1, 0.15) is 23.4 Å². The van der Waals surface area contributed by atoms with Gasteiger partial charge in [-0.15, -0.1) is 0 Å². The first-order valence-electron chi connectivity index (χ1n) is 8.26. The van der Waals surface area contributed by atoms with E-state index in [0.717, 1.165) is 0 Å². The third-order valence-corrected chi connectivity index (χ3v) is 5.98. The second kappa shape index (κ2) is 8.12. The largest absolute Gasteiger partial charge is 0.341 e. The summed E-state index contributed by atoms with van der Waals surface area (Å²) < 4.78 is 40.3. The maximum absolute atomic E-state index is 13.7. The zero-order chi connectivity index (χ0) is 20.3. The van der Waals surface area contributed by atoms with Gasteiger partial charge >= 0.3 is 0 Å². The zero-order valence-electron chi connectivity index (χ0n) is 14.8. The molecule has 0 aliphatic rings. The molecule has 6 nitrogen and oxygen atoms in total. The molecule has 9 heteroatoms. The predicted molar refractivity (Wildman–Crippen MR) is 103 cm³/mol. The molecule has 3 aromatic rings. The number of halogens is 2. The van der Waals surface area contributed by atoms with Crippen molar-refractivity contribution in [3.63, 3.8) is 0 Å². The summed E-state index contributed by atoms with van der Waals surface area (Å²) in [4.78, 5) is 16.7. The van der Waals surface area contributed by atoms with Crippen LogP contribution in [0.2, 0.25) is 5.02 Å². The molecule has 1 amide bonds. The highest BCUT2D eigenvalue weighted by Crippen LogP contribution is 2.22. The molecule has 1 N–H and O–H groups in total. The molecular weight excluding hydrogens is 405 g/mol. The van der Waals surface area contributed by atoms with Crippen molar-refractivity contribution in [1.82, 2.24) is 14.9 Å². The lowest BCUT2D eigenvalue weighted by Gasteiger charge is -2.19. The number of rotatable bonds is 6. The van der Waals surface area contributed by atoms with Crippen molar-refractivity contribution >= 4 is 27.3 Å². The number of nitrogens with one attached hydrogen (secondary N) is 1. The van der Waals surface area contributed by atoms with E-state index in [1.165, 1.54) is 48.7 Å². The zero-order valence-corrected chi connectivity index (χ0v) is 16.4. The minimum atomic E-state index is -3.86. The van der Waals surface area contributed by atoms with E-state index in [1.54, 1.807) is 23.9 Å². The first kappa shape index (κ1) is 20.0. The molecule has 0 saturated carbocycles. The number of amides is 1. The summed E-state index contributed by atoms with van der Waals surface area (Å²) in [6.45, 7) is 0. The van der Waals surface area contributed by atoms with Crippen LogP contribution >= 0.6 is 11.6 Å². The lowest BCUT2D eigenvalue weighted by Crippen LogP contribution is -2.35. The molecule has 0 fully saturated rings. The highest BCUT2D eigenvalue weighted by atomic mass is 35.5. The first-order chi connectivity index (χ1) is 13.3. The minimum Gasteiger partial charge on any atom is -0.341 e. The first-order valence-corrected chi connectivity index (χ1v) is 10.3. The Bertz CT molecular complexity index is 1100. The molecule has 0 saturated heterocycles. The van der Waals surface area contributed by atoms with Gasteiger partial charge in [-0.2, -0.15) is 0 Å². The monoisotopic (exact) mass is 421 g/mol. The Hall–Kier alpha value is -2.71. The van der Waals surface area contributed by atoms with Gasteiger partial charge in [-0.05, 0) is 42.0 Å². The standard InChI is InChI=1S/C19H17ClFN3O3S/c1-24-10-9-22-19(24)18(13-3-2-4-15(21)11-13)23-17(25)12-28(26,27)16-7-5-14(20)6-8-16/h2-11,18H,12H2,1H3,(H,23,25). The van der Waals surface area contributed by atoms with Gasteiger partial charge in [0.25, 0.3) is 0 Å². The van der Waals surface area contributed by atoms with E-state index < -0.39 is 33.4 Å². The molecule has 0 radical (unpaired) electrons. The maximum atomic E-state index is 13.7. The Labute approximate surface area is 166 Å². The molecule has 146 valence electrons. The van der Waals surface area contributed by atoms with Gasteiger partial charge in [0, 0.05) is 24.5 Å². The summed E-state index contributed by atoms with van der Waals surface area (Å²) in [7, 11) is -2.14. The summed E-state index contributed by atoms with van der Waals surface area (Å²) in [5, 5.41) is 3.04. The van der Waals surface area contributed by atoms with Gasteiger partial charge in [-0.25, -0.2) is 17.8 Å². The summed E-state index contributed by atoms with van der Waals surface area (Å²) >= 11 is 5.77. The number of hydrogen-bond donors (Lipinski definition) is 1. The third kappa shape index (κ3) is 4.58. The van der Waals surface area contributed by atoms with Gasteiger partial charge in [0.2, 0.25) is 5.91 Å². The highest BCUT2D eigenvalue weighted by molar-refractivity contribution is 7.92. The van der Waals surface area contributed by atoms with E-state index >= 15 is 0 Å². The Balaban J connectivity index is 1.85. The second-order valence-electron chi connectivity index (χ2n) is 6.16. The lowest BCUT2D eigenvalue weighted by atomic mass is 10.1. The van der Waals surface area contributed by atoms with Crippen molar-refractivity contribution in [2.45, 2.75) is 10.9 Å². The van der Waals surface area contributed by atoms with Crippen molar-refractivity contribution in [3.8, 4) is 0 Å². The summed E-state index contributed by atoms with van der Waals surface area (Å²) in [5.74, 6) is -1.51. The molecule has 0 spiro atoms. The fraction of sp³-hybridized carbons (Fsp3) is 0.158. The smallest absolute Gasteiger partial charge is 0.236 e. The number of benzene rings is 2. The SMILES string of the molecule is Cn1ccnc1C(NC(=O)CS(=O)(=O)c1ccc(Cl)cc1)c1cccc(F)c1. The molecule has 2 aromatic carbocycles. The highest BCUT2D eigenvalue weighted by Gasteiger charge is 2.25. The van der Waals surface area contributed by atoms with Crippen molar-refractivity contribution in [1.29, 1.82) is 0 Å². The number of aromatic nitrogens is 2. The average Bonchev–Trinajstić information content (AvgIpc) is 3.05. The fourth-order valence-electron chi connectivity index (χ4n) is 2.74. The van der Waals surface area contributed by atoms with Gasteiger partial charge in [0.05, 0.1) is 4.90 Å². The Kier molecular flexibility index (Phi) is 5.81. The van der Waals surface area contributed by atoms with Crippen molar-refractivity contribution in [3.05, 3.63) is 83.2 Å². The number of aryl methyl sites for hydroxylation is 1. The van der Waals surface area contributed by atoms with Crippen molar-refractivity contribution < 1.29 is 17.6 Å². The van der Waals surface area contributed by atoms with Crippen LogP contribution in [0, 0.1) is 5.82 Å². The number of sulfone groups is 1. The molecule has 1 heterocycles. The number of carbonyl (C=O) groups excluding carboxylic acids is 1. The molecule has 0 aliphatic carbocycles. The lowest BCUT2D eigenvalue weighted by molar-refractivity contribution is -0.119. The number of carbonyl (C=O) groups is 1. The molecule has 1 atom stereocenters. The van der Waals surface area contributed by atoms with Crippen molar-refractivity contribution in [2.75, 3.05) is 5.75 Å². The molecule has 3 rings (SSSR count). The quantitative estimate of drug-likeness (QED) is 0.663. The molecule has 0 aliphatic heterocycles. The molecule has 1 aromatic heterocycles. The summed E-state index contributed by atoms with van der Waals surface area (Å²) in [6.07, 6.45) is 3.22. The summed E-state index contributed by atoms with van der Waals surface area (Å²) in [5.41, 5.74) is 0.451. The molecule has 0 bridgehead atoms. The second-order valence-corrected chi connectivity index (χ2v) is 8.59. The Morgan fingerprint density at radius 1 is 1.25 bits per heavy atom. The van der Waals surface area contributed by atoms with Crippen LogP contribution in [0.15, 0.2) is 65.8 Å². The normalized spacial score (nSPS) is 12.5. The Morgan fingerprint density at radius 3 is 2.57 bits per heavy atom. The Morgan fingerprint density at radius 2 is 1.96 bits per heavy atom. The topological polar surface area (TPSA) is 81.1 Å². The van der Waals surface area contributed by atoms with Crippen LogP contribution < -0.4 is 5.32 Å². The molecule has 1 unspecified atom stereocenters. The van der Waals surface area contributed by atoms with E-state index in [0.29, 0.717) is 16.4 Å². The van der Waals surface area contributed by atoms with E-state index in [2.05, 4.69) is 10.3 Å². The number of nitrogens with zero attached hydrogens (tertiary/aromatic N) is 2. The van der Waals surface area contributed by atoms with Crippen LogP contribution in [-0.4, -0.2) is 29.6 Å². The van der Waals surface area contributed by atoms with E-state index in [-0.39, 0.29) is 4.90 Å². The van der Waals surface area contributed by atoms with Crippen molar-refractivity contribution in [2.24, 2.45) is 7.05 Å². The van der Waals surface area contributed by atoms with E-state index in [1.807, 2.05) is 0 Å². The van der Waals surface area contributed by atoms with Crippen LogP contribution in [0.5, 0.6) is 0 Å². The van der Waals surface area contributed by atoms with Crippen LogP contribution in [0.25, 0.3) is 0 Å². The number of imidazole rings is 1. The number of hydrogen-bond acceptors (Lipinski definition) is 4. The maximum Gasteiger partial charge on any atom is 0.236 e. The van der Waals surface area contributed by atoms with Gasteiger partial charge in [-0.1, -0.05) is 23.7 Å². The third-order valence-electron chi connectivity index (χ3n) is 4.10. The van der Waals surface area contributed by atoms with Crippen LogP contribution in [0.1, 0.15) is 17.4 Å². The van der Waals surface area contributed by atoms with E-state index in [9.17, 15) is 17.6 Å². The summed E-state index contributed by atoms with van der Waals surface area (Å²) in [6, 6.07) is 10.5. The minimum absolute atomic E-state index is 0.00801. The molecule has 28 heavy (non-hydrogen) atoms. The van der Waals surface area contributed by atoms with Gasteiger partial charge in [-0.3, -0.25) is 4.79 Å². The van der Waals surface area contributed by atoms with Gasteiger partial charge in [0.15, 0.2) is 9.84 Å². The molecular formula is C19H17ClFN3O3S. The fourth-order valence-corrected chi connectivity index (χ4v) is 4.01. The van der Waals surface area contributed by atoms with Crippen LogP contribution in [-0.2, 0) is 21.7 Å². The van der Waals surface area contributed by atoms with Gasteiger partial charge < -0.3 is 9.88 Å². The average molecular weight is 422 g/mol. The van der Waals surface area contributed by atoms with Crippen LogP contribution in [0.3, 0.4) is 0 Å².